The fourth-order valence-electron chi connectivity index (χ4n) is 1.93. The third kappa shape index (κ3) is 6.38. The van der Waals surface area contributed by atoms with E-state index < -0.39 is 5.82 Å². The minimum atomic E-state index is -0.398. The molecule has 0 aliphatic carbocycles. The van der Waals surface area contributed by atoms with Gasteiger partial charge in [-0.25, -0.2) is 4.39 Å². The minimum Gasteiger partial charge on any atom is -0.282 e. The standard InChI is InChI=1S/C22H19FO2S2/c1-14(2)21(24)26-18-10-6-16(7-11-18)5-8-17-9-12-19(13-20(17)23)27-22(25)15(3)4/h5-13H,1,3H2,2,4H3/b8-5+. The molecule has 2 aromatic rings. The molecule has 27 heavy (non-hydrogen) atoms. The minimum absolute atomic E-state index is 0.0662. The van der Waals surface area contributed by atoms with E-state index in [4.69, 9.17) is 0 Å². The molecule has 0 heterocycles. The van der Waals surface area contributed by atoms with Crippen LogP contribution in [0.1, 0.15) is 25.0 Å². The van der Waals surface area contributed by atoms with E-state index in [-0.39, 0.29) is 10.2 Å². The lowest BCUT2D eigenvalue weighted by molar-refractivity contribution is -0.108. The number of hydrogen-bond acceptors (Lipinski definition) is 4. The number of carbonyl (C=O) groups is 2. The lowest BCUT2D eigenvalue weighted by Gasteiger charge is -2.03. The normalized spacial score (nSPS) is 10.8. The van der Waals surface area contributed by atoms with Gasteiger partial charge < -0.3 is 0 Å². The molecule has 2 aromatic carbocycles. The Kier molecular flexibility index (Phi) is 7.39. The van der Waals surface area contributed by atoms with Crippen LogP contribution in [0, 0.1) is 5.82 Å². The van der Waals surface area contributed by atoms with Crippen LogP contribution in [0.3, 0.4) is 0 Å². The highest BCUT2D eigenvalue weighted by Crippen LogP contribution is 2.25. The van der Waals surface area contributed by atoms with Crippen molar-refractivity contribution in [1.29, 1.82) is 0 Å². The second kappa shape index (κ2) is 9.53. The SMILES string of the molecule is C=C(C)C(=O)Sc1ccc(/C=C/c2ccc(SC(=O)C(=C)C)cc2F)cc1. The summed E-state index contributed by atoms with van der Waals surface area (Å²) >= 11 is 2.09. The van der Waals surface area contributed by atoms with Crippen molar-refractivity contribution in [2.75, 3.05) is 0 Å². The zero-order valence-corrected chi connectivity index (χ0v) is 16.8. The van der Waals surface area contributed by atoms with Crippen LogP contribution in [0.2, 0.25) is 0 Å². The number of rotatable bonds is 6. The van der Waals surface area contributed by atoms with E-state index in [1.807, 2.05) is 24.3 Å². The first-order valence-corrected chi connectivity index (χ1v) is 9.72. The van der Waals surface area contributed by atoms with E-state index in [1.54, 1.807) is 38.1 Å². The van der Waals surface area contributed by atoms with Crippen LogP contribution in [0.25, 0.3) is 12.2 Å². The van der Waals surface area contributed by atoms with Gasteiger partial charge in [-0.1, -0.05) is 43.5 Å². The molecule has 0 fully saturated rings. The highest BCUT2D eigenvalue weighted by molar-refractivity contribution is 8.14. The molecule has 2 nitrogen and oxygen atoms in total. The molecule has 0 spiro atoms. The number of halogens is 1. The van der Waals surface area contributed by atoms with Crippen molar-refractivity contribution in [3.8, 4) is 0 Å². The van der Waals surface area contributed by atoms with Crippen molar-refractivity contribution in [2.45, 2.75) is 23.6 Å². The third-order valence-electron chi connectivity index (χ3n) is 3.43. The zero-order valence-electron chi connectivity index (χ0n) is 15.1. The summed E-state index contributed by atoms with van der Waals surface area (Å²) in [7, 11) is 0. The first-order valence-electron chi connectivity index (χ1n) is 8.09. The molecule has 0 bridgehead atoms. The van der Waals surface area contributed by atoms with E-state index in [2.05, 4.69) is 13.2 Å². The van der Waals surface area contributed by atoms with Gasteiger partial charge in [0.15, 0.2) is 0 Å². The van der Waals surface area contributed by atoms with Crippen molar-refractivity contribution < 1.29 is 14.0 Å². The predicted molar refractivity (Wildman–Crippen MR) is 113 cm³/mol. The molecular weight excluding hydrogens is 379 g/mol. The first-order chi connectivity index (χ1) is 12.8. The van der Waals surface area contributed by atoms with Gasteiger partial charge in [-0.15, -0.1) is 0 Å². The molecule has 0 radical (unpaired) electrons. The first kappa shape index (κ1) is 20.9. The molecule has 0 aliphatic rings. The fourth-order valence-corrected chi connectivity index (χ4v) is 3.28. The topological polar surface area (TPSA) is 34.1 Å². The van der Waals surface area contributed by atoms with Crippen LogP contribution in [-0.4, -0.2) is 10.2 Å². The molecule has 0 atom stereocenters. The van der Waals surface area contributed by atoms with Gasteiger partial charge in [-0.3, -0.25) is 9.59 Å². The van der Waals surface area contributed by atoms with Crippen LogP contribution in [0.5, 0.6) is 0 Å². The van der Waals surface area contributed by atoms with Gasteiger partial charge in [-0.05, 0) is 78.3 Å². The van der Waals surface area contributed by atoms with E-state index in [1.165, 1.54) is 6.07 Å². The largest absolute Gasteiger partial charge is 0.282 e. The Morgan fingerprint density at radius 1 is 0.852 bits per heavy atom. The average Bonchev–Trinajstić information content (AvgIpc) is 2.62. The van der Waals surface area contributed by atoms with Crippen LogP contribution >= 0.6 is 23.5 Å². The molecule has 138 valence electrons. The monoisotopic (exact) mass is 398 g/mol. The van der Waals surface area contributed by atoms with E-state index in [9.17, 15) is 14.0 Å². The summed E-state index contributed by atoms with van der Waals surface area (Å²) in [5, 5.41) is -0.246. The summed E-state index contributed by atoms with van der Waals surface area (Å²) in [5.41, 5.74) is 2.25. The molecule has 0 N–H and O–H groups in total. The van der Waals surface area contributed by atoms with Gasteiger partial charge >= 0.3 is 0 Å². The van der Waals surface area contributed by atoms with Gasteiger partial charge in [0.05, 0.1) is 0 Å². The van der Waals surface area contributed by atoms with Crippen molar-refractivity contribution >= 4 is 45.9 Å². The molecular formula is C22H19FO2S2. The highest BCUT2D eigenvalue weighted by atomic mass is 32.2. The van der Waals surface area contributed by atoms with Gasteiger partial charge in [-0.2, -0.15) is 0 Å². The maximum Gasteiger partial charge on any atom is 0.219 e. The molecule has 0 saturated heterocycles. The molecule has 0 aliphatic heterocycles. The summed E-state index contributed by atoms with van der Waals surface area (Å²) in [6.07, 6.45) is 3.46. The van der Waals surface area contributed by atoms with Crippen LogP contribution in [-0.2, 0) is 9.59 Å². The number of thioether (sulfide) groups is 2. The Morgan fingerprint density at radius 3 is 1.89 bits per heavy atom. The quantitative estimate of drug-likeness (QED) is 0.321. The number of carbonyl (C=O) groups excluding carboxylic acids is 2. The summed E-state index contributed by atoms with van der Waals surface area (Å²) in [6, 6.07) is 12.1. The van der Waals surface area contributed by atoms with Crippen molar-refractivity contribution in [2.24, 2.45) is 0 Å². The van der Waals surface area contributed by atoms with Gasteiger partial charge in [0.2, 0.25) is 10.2 Å². The highest BCUT2D eigenvalue weighted by Gasteiger charge is 2.08. The summed E-state index contributed by atoms with van der Waals surface area (Å²) < 4.78 is 14.2. The third-order valence-corrected chi connectivity index (χ3v) is 5.49. The fraction of sp³-hybridized carbons (Fsp3) is 0.0909. The Balaban J connectivity index is 2.07. The average molecular weight is 399 g/mol. The summed E-state index contributed by atoms with van der Waals surface area (Å²) in [6.45, 7) is 10.5. The number of hydrogen-bond donors (Lipinski definition) is 0. The Morgan fingerprint density at radius 2 is 1.37 bits per heavy atom. The molecule has 0 amide bonds. The Bertz CT molecular complexity index is 928. The Labute approximate surface area is 167 Å². The summed E-state index contributed by atoms with van der Waals surface area (Å²) in [5.74, 6) is -0.398. The van der Waals surface area contributed by atoms with Crippen LogP contribution in [0.4, 0.5) is 4.39 Å². The molecule has 0 unspecified atom stereocenters. The smallest absolute Gasteiger partial charge is 0.219 e. The van der Waals surface area contributed by atoms with E-state index in [0.29, 0.717) is 21.6 Å². The zero-order chi connectivity index (χ0) is 20.0. The molecule has 2 rings (SSSR count). The van der Waals surface area contributed by atoms with Crippen LogP contribution in [0.15, 0.2) is 76.6 Å². The molecule has 0 saturated carbocycles. The van der Waals surface area contributed by atoms with Gasteiger partial charge in [0, 0.05) is 15.4 Å². The maximum atomic E-state index is 14.2. The Hall–Kier alpha value is -2.37. The van der Waals surface area contributed by atoms with Crippen molar-refractivity contribution in [1.82, 2.24) is 0 Å². The predicted octanol–water partition coefficient (Wildman–Crippen LogP) is 6.39. The number of benzene rings is 2. The van der Waals surface area contributed by atoms with Crippen molar-refractivity contribution in [3.05, 3.63) is 83.7 Å². The maximum absolute atomic E-state index is 14.2. The van der Waals surface area contributed by atoms with Crippen LogP contribution < -0.4 is 0 Å². The molecule has 0 aromatic heterocycles. The second-order valence-electron chi connectivity index (χ2n) is 5.93. The van der Waals surface area contributed by atoms with E-state index >= 15 is 0 Å². The summed E-state index contributed by atoms with van der Waals surface area (Å²) in [4.78, 5) is 24.7. The lowest BCUT2D eigenvalue weighted by atomic mass is 10.1. The van der Waals surface area contributed by atoms with Gasteiger partial charge in [0.25, 0.3) is 0 Å². The van der Waals surface area contributed by atoms with Crippen molar-refractivity contribution in [3.63, 3.8) is 0 Å². The second-order valence-corrected chi connectivity index (χ2v) is 8.02. The van der Waals surface area contributed by atoms with E-state index in [0.717, 1.165) is 34.0 Å². The lowest BCUT2D eigenvalue weighted by Crippen LogP contribution is -1.92. The molecule has 5 heteroatoms. The van der Waals surface area contributed by atoms with Gasteiger partial charge in [0.1, 0.15) is 5.82 Å².